The van der Waals surface area contributed by atoms with Crippen molar-refractivity contribution in [1.82, 2.24) is 5.32 Å². The van der Waals surface area contributed by atoms with Crippen LogP contribution in [0.1, 0.15) is 5.56 Å². The Kier molecular flexibility index (Phi) is 5.90. The van der Waals surface area contributed by atoms with E-state index in [9.17, 15) is 4.79 Å². The molecule has 6 heteroatoms. The first kappa shape index (κ1) is 16.0. The maximum atomic E-state index is 11.7. The molecule has 0 saturated carbocycles. The second-order valence-corrected chi connectivity index (χ2v) is 5.50. The van der Waals surface area contributed by atoms with Crippen LogP contribution in [0.15, 0.2) is 59.6 Å². The van der Waals surface area contributed by atoms with Crippen LogP contribution < -0.4 is 10.6 Å². The van der Waals surface area contributed by atoms with Gasteiger partial charge in [-0.1, -0.05) is 23.7 Å². The van der Waals surface area contributed by atoms with Gasteiger partial charge < -0.3 is 10.6 Å². The maximum Gasteiger partial charge on any atom is 0.323 e. The molecule has 110 valence electrons. The number of thiocyanates is 1. The Labute approximate surface area is 137 Å². The summed E-state index contributed by atoms with van der Waals surface area (Å²) in [5.74, 6) is 0. The largest absolute Gasteiger partial charge is 0.323 e. The molecule has 0 aliphatic heterocycles. The van der Waals surface area contributed by atoms with Gasteiger partial charge in [0.25, 0.3) is 0 Å². The van der Waals surface area contributed by atoms with Gasteiger partial charge in [0.05, 0.1) is 0 Å². The van der Waals surface area contributed by atoms with E-state index in [4.69, 9.17) is 16.9 Å². The zero-order valence-electron chi connectivity index (χ0n) is 11.4. The van der Waals surface area contributed by atoms with Crippen molar-refractivity contribution in [1.29, 1.82) is 5.26 Å². The molecule has 4 nitrogen and oxygen atoms in total. The number of thioether (sulfide) groups is 1. The molecule has 0 aliphatic carbocycles. The van der Waals surface area contributed by atoms with E-state index >= 15 is 0 Å². The minimum atomic E-state index is -0.348. The lowest BCUT2D eigenvalue weighted by Gasteiger charge is -2.04. The molecular formula is C16H12ClN3OS. The van der Waals surface area contributed by atoms with Crippen molar-refractivity contribution < 1.29 is 4.79 Å². The Morgan fingerprint density at radius 1 is 1.23 bits per heavy atom. The van der Waals surface area contributed by atoms with Gasteiger partial charge in [-0.15, -0.1) is 0 Å². The minimum Gasteiger partial charge on any atom is -0.314 e. The number of nitriles is 1. The summed E-state index contributed by atoms with van der Waals surface area (Å²) in [4.78, 5) is 12.6. The number of hydrogen-bond donors (Lipinski definition) is 2. The number of urea groups is 1. The third-order valence-corrected chi connectivity index (χ3v) is 3.45. The number of benzene rings is 2. The molecule has 2 amide bonds. The quantitative estimate of drug-likeness (QED) is 0.631. The van der Waals surface area contributed by atoms with Gasteiger partial charge in [0.2, 0.25) is 0 Å². The van der Waals surface area contributed by atoms with Crippen molar-refractivity contribution in [2.75, 3.05) is 5.32 Å². The molecule has 0 radical (unpaired) electrons. The van der Waals surface area contributed by atoms with Crippen LogP contribution in [0.25, 0.3) is 6.08 Å². The van der Waals surface area contributed by atoms with Gasteiger partial charge in [-0.05, 0) is 59.8 Å². The summed E-state index contributed by atoms with van der Waals surface area (Å²) in [6, 6.07) is 14.0. The second kappa shape index (κ2) is 8.13. The van der Waals surface area contributed by atoms with Crippen molar-refractivity contribution in [2.45, 2.75) is 4.90 Å². The molecule has 22 heavy (non-hydrogen) atoms. The zero-order valence-corrected chi connectivity index (χ0v) is 13.0. The number of nitrogens with zero attached hydrogens (tertiary/aromatic N) is 1. The van der Waals surface area contributed by atoms with Crippen LogP contribution in [0.3, 0.4) is 0 Å². The summed E-state index contributed by atoms with van der Waals surface area (Å²) in [6.45, 7) is 0. The first-order valence-electron chi connectivity index (χ1n) is 6.33. The van der Waals surface area contributed by atoms with Crippen LogP contribution in [-0.4, -0.2) is 6.03 Å². The monoisotopic (exact) mass is 329 g/mol. The predicted octanol–water partition coefficient (Wildman–Crippen LogP) is 4.71. The number of halogens is 1. The number of hydrogen-bond acceptors (Lipinski definition) is 3. The fraction of sp³-hybridized carbons (Fsp3) is 0. The third kappa shape index (κ3) is 5.17. The van der Waals surface area contributed by atoms with Crippen LogP contribution in [0.4, 0.5) is 10.5 Å². The Bertz CT molecular complexity index is 723. The van der Waals surface area contributed by atoms with E-state index in [2.05, 4.69) is 10.6 Å². The summed E-state index contributed by atoms with van der Waals surface area (Å²) >= 11 is 6.94. The number of anilines is 1. The summed E-state index contributed by atoms with van der Waals surface area (Å²) in [5.41, 5.74) is 1.54. The van der Waals surface area contributed by atoms with Gasteiger partial charge >= 0.3 is 6.03 Å². The van der Waals surface area contributed by atoms with Crippen LogP contribution in [-0.2, 0) is 0 Å². The lowest BCUT2D eigenvalue weighted by molar-refractivity contribution is 0.255. The van der Waals surface area contributed by atoms with E-state index in [0.717, 1.165) is 22.2 Å². The highest BCUT2D eigenvalue weighted by Crippen LogP contribution is 2.18. The molecule has 2 N–H and O–H groups in total. The van der Waals surface area contributed by atoms with Gasteiger partial charge in [-0.2, -0.15) is 5.26 Å². The zero-order chi connectivity index (χ0) is 15.8. The molecule has 2 aromatic rings. The Balaban J connectivity index is 1.86. The van der Waals surface area contributed by atoms with Gasteiger partial charge in [0.15, 0.2) is 0 Å². The normalized spacial score (nSPS) is 10.2. The maximum absolute atomic E-state index is 11.7. The van der Waals surface area contributed by atoms with Crippen LogP contribution in [0.2, 0.25) is 5.02 Å². The number of nitrogens with one attached hydrogen (secondary N) is 2. The lowest BCUT2D eigenvalue weighted by atomic mass is 10.2. The van der Waals surface area contributed by atoms with Gasteiger partial charge in [0.1, 0.15) is 5.40 Å². The molecule has 0 bridgehead atoms. The highest BCUT2D eigenvalue weighted by atomic mass is 35.5. The number of carbonyl (C=O) groups excluding carboxylic acids is 1. The molecular weight excluding hydrogens is 318 g/mol. The Hall–Kier alpha value is -2.42. The summed E-state index contributed by atoms with van der Waals surface area (Å²) in [7, 11) is 0. The molecule has 2 aromatic carbocycles. The van der Waals surface area contributed by atoms with Crippen LogP contribution in [0, 0.1) is 10.7 Å². The van der Waals surface area contributed by atoms with E-state index in [0.29, 0.717) is 10.7 Å². The molecule has 0 fully saturated rings. The van der Waals surface area contributed by atoms with Gasteiger partial charge in [-0.25, -0.2) is 4.79 Å². The topological polar surface area (TPSA) is 64.9 Å². The van der Waals surface area contributed by atoms with E-state index in [-0.39, 0.29) is 6.03 Å². The molecule has 0 heterocycles. The Morgan fingerprint density at radius 2 is 2.00 bits per heavy atom. The van der Waals surface area contributed by atoms with Crippen LogP contribution in [0.5, 0.6) is 0 Å². The Morgan fingerprint density at radius 3 is 2.68 bits per heavy atom. The smallest absolute Gasteiger partial charge is 0.314 e. The molecule has 0 spiro atoms. The van der Waals surface area contributed by atoms with E-state index < -0.39 is 0 Å². The number of rotatable bonds is 4. The predicted molar refractivity (Wildman–Crippen MR) is 90.6 cm³/mol. The van der Waals surface area contributed by atoms with Crippen molar-refractivity contribution >= 4 is 41.2 Å². The molecule has 2 rings (SSSR count). The first-order valence-corrected chi connectivity index (χ1v) is 7.52. The second-order valence-electron chi connectivity index (χ2n) is 4.20. The minimum absolute atomic E-state index is 0.348. The fourth-order valence-electron chi connectivity index (χ4n) is 1.65. The molecule has 0 atom stereocenters. The highest BCUT2D eigenvalue weighted by Gasteiger charge is 1.99. The average Bonchev–Trinajstić information content (AvgIpc) is 2.50. The molecule has 0 unspecified atom stereocenters. The van der Waals surface area contributed by atoms with E-state index in [1.165, 1.54) is 0 Å². The summed E-state index contributed by atoms with van der Waals surface area (Å²) in [6.07, 6.45) is 3.29. The molecule has 0 aromatic heterocycles. The fourth-order valence-corrected chi connectivity index (χ4v) is 2.23. The SMILES string of the molecule is N#CSc1ccc(NC(=O)N/C=C/c2cccc(Cl)c2)cc1. The van der Waals surface area contributed by atoms with Crippen molar-refractivity contribution in [2.24, 2.45) is 0 Å². The number of amides is 2. The van der Waals surface area contributed by atoms with E-state index in [1.807, 2.05) is 17.5 Å². The first-order chi connectivity index (χ1) is 10.7. The lowest BCUT2D eigenvalue weighted by Crippen LogP contribution is -2.23. The van der Waals surface area contributed by atoms with Crippen molar-refractivity contribution in [3.63, 3.8) is 0 Å². The third-order valence-electron chi connectivity index (χ3n) is 2.61. The summed E-state index contributed by atoms with van der Waals surface area (Å²) < 4.78 is 0. The van der Waals surface area contributed by atoms with Crippen molar-refractivity contribution in [3.8, 4) is 5.40 Å². The number of carbonyl (C=O) groups is 1. The van der Waals surface area contributed by atoms with Gasteiger partial charge in [-0.3, -0.25) is 0 Å². The average molecular weight is 330 g/mol. The standard InChI is InChI=1S/C16H12ClN3OS/c17-13-3-1-2-12(10-13)8-9-19-16(21)20-14-4-6-15(7-5-14)22-11-18/h1-10H,(H2,19,20,21)/b9-8+. The highest BCUT2D eigenvalue weighted by molar-refractivity contribution is 8.03. The van der Waals surface area contributed by atoms with Gasteiger partial charge in [0, 0.05) is 21.8 Å². The van der Waals surface area contributed by atoms with Crippen LogP contribution >= 0.6 is 23.4 Å². The molecule has 0 aliphatic rings. The summed E-state index contributed by atoms with van der Waals surface area (Å²) in [5, 5.41) is 16.5. The molecule has 0 saturated heterocycles. The van der Waals surface area contributed by atoms with E-state index in [1.54, 1.807) is 48.7 Å². The van der Waals surface area contributed by atoms with Crippen molar-refractivity contribution in [3.05, 3.63) is 65.3 Å².